The van der Waals surface area contributed by atoms with Crippen molar-refractivity contribution in [3.05, 3.63) is 45.1 Å². The topological polar surface area (TPSA) is 118 Å². The van der Waals surface area contributed by atoms with Gasteiger partial charge in [-0.3, -0.25) is 0 Å². The number of anilines is 1. The van der Waals surface area contributed by atoms with Crippen LogP contribution in [0.15, 0.2) is 16.3 Å². The Morgan fingerprint density at radius 1 is 1.17 bits per heavy atom. The number of halogens is 1. The van der Waals surface area contributed by atoms with Crippen LogP contribution in [0.2, 0.25) is 0 Å². The normalized spacial score (nSPS) is 15.9. The predicted octanol–water partition coefficient (Wildman–Crippen LogP) is 3.25. The summed E-state index contributed by atoms with van der Waals surface area (Å²) >= 11 is 0.924. The summed E-state index contributed by atoms with van der Waals surface area (Å²) in [5, 5.41) is 17.4. The zero-order valence-corrected chi connectivity index (χ0v) is 18.1. The Morgan fingerprint density at radius 3 is 2.10 bits per heavy atom. The molecule has 1 aromatic heterocycles. The maximum atomic E-state index is 13.0. The van der Waals surface area contributed by atoms with Crippen molar-refractivity contribution in [3.63, 3.8) is 0 Å². The Bertz CT molecular complexity index is 935. The van der Waals surface area contributed by atoms with Gasteiger partial charge in [-0.15, -0.1) is 11.3 Å². The molecule has 1 atom stereocenters. The van der Waals surface area contributed by atoms with E-state index in [1.165, 1.54) is 48.9 Å². The molecule has 6 N–H and O–H groups in total. The molecular weight excluding hydrogens is 413 g/mol. The molecule has 158 valence electrons. The first-order chi connectivity index (χ1) is 13.6. The Balaban J connectivity index is 0.000000170. The highest BCUT2D eigenvalue weighted by molar-refractivity contribution is 7.85. The molecule has 6 nitrogen and oxygen atoms in total. The number of primary amides is 1. The van der Waals surface area contributed by atoms with Crippen LogP contribution in [0.25, 0.3) is 0 Å². The van der Waals surface area contributed by atoms with Crippen molar-refractivity contribution in [2.75, 3.05) is 5.32 Å². The van der Waals surface area contributed by atoms with Crippen LogP contribution >= 0.6 is 11.3 Å². The summed E-state index contributed by atoms with van der Waals surface area (Å²) in [6.07, 6.45) is 6.86. The number of urea groups is 1. The number of carbonyl (C=O) groups excluding carboxylic acids is 1. The minimum atomic E-state index is -1.82. The van der Waals surface area contributed by atoms with Crippen molar-refractivity contribution >= 4 is 34.0 Å². The van der Waals surface area contributed by atoms with Crippen LogP contribution in [0.5, 0.6) is 0 Å². The Labute approximate surface area is 176 Å². The number of nitrogens with one attached hydrogen (secondary N) is 1. The number of amides is 2. The number of rotatable bonds is 3. The van der Waals surface area contributed by atoms with Crippen LogP contribution in [-0.2, 0) is 42.3 Å². The van der Waals surface area contributed by atoms with E-state index in [9.17, 15) is 18.5 Å². The second-order valence-electron chi connectivity index (χ2n) is 7.83. The molecule has 9 heteroatoms. The monoisotopic (exact) mass is 439 g/mol. The molecule has 1 aromatic carbocycles. The highest BCUT2D eigenvalue weighted by Gasteiger charge is 2.24. The first-order valence-corrected chi connectivity index (χ1v) is 11.5. The maximum Gasteiger partial charge on any atom is 0.316 e. The van der Waals surface area contributed by atoms with Crippen LogP contribution < -0.4 is 16.2 Å². The Morgan fingerprint density at radius 2 is 1.72 bits per heavy atom. The molecule has 2 aromatic rings. The molecule has 0 bridgehead atoms. The molecule has 1 heterocycles. The number of carbonyl (C=O) groups is 1. The quantitative estimate of drug-likeness (QED) is 0.588. The van der Waals surface area contributed by atoms with Crippen molar-refractivity contribution < 1.29 is 18.5 Å². The largest absolute Gasteiger partial charge is 0.385 e. The summed E-state index contributed by atoms with van der Waals surface area (Å²) in [6.45, 7) is 3.06. The molecule has 1 unspecified atom stereocenters. The van der Waals surface area contributed by atoms with Crippen molar-refractivity contribution in [1.82, 2.24) is 0 Å². The first kappa shape index (κ1) is 21.9. The molecule has 0 aliphatic heterocycles. The van der Waals surface area contributed by atoms with Gasteiger partial charge in [-0.05, 0) is 80.7 Å². The molecule has 0 fully saturated rings. The van der Waals surface area contributed by atoms with Crippen molar-refractivity contribution in [2.24, 2.45) is 10.9 Å². The van der Waals surface area contributed by atoms with Gasteiger partial charge in [0.2, 0.25) is 0 Å². The van der Waals surface area contributed by atoms with E-state index in [-0.39, 0.29) is 4.21 Å². The van der Waals surface area contributed by atoms with Gasteiger partial charge in [-0.2, -0.15) is 0 Å². The number of hydrogen-bond donors (Lipinski definition) is 4. The molecular formula is C20H26FN3O3S2. The van der Waals surface area contributed by atoms with Crippen LogP contribution in [0.1, 0.15) is 53.8 Å². The predicted molar refractivity (Wildman–Crippen MR) is 114 cm³/mol. The average molecular weight is 440 g/mol. The summed E-state index contributed by atoms with van der Waals surface area (Å²) in [6, 6.07) is 3.07. The van der Waals surface area contributed by atoms with E-state index in [1.54, 1.807) is 0 Å². The molecule has 0 radical (unpaired) electrons. The van der Waals surface area contributed by atoms with Gasteiger partial charge < -0.3 is 16.2 Å². The second-order valence-corrected chi connectivity index (χ2v) is 10.1. The minimum absolute atomic E-state index is 0.0304. The molecule has 4 rings (SSSR count). The van der Waals surface area contributed by atoms with Gasteiger partial charge >= 0.3 is 6.03 Å². The molecule has 2 aliphatic rings. The molecule has 0 saturated carbocycles. The van der Waals surface area contributed by atoms with E-state index in [1.807, 2.05) is 0 Å². The molecule has 2 aliphatic carbocycles. The number of aryl methyl sites for hydroxylation is 2. The lowest BCUT2D eigenvalue weighted by Crippen LogP contribution is -2.21. The lowest BCUT2D eigenvalue weighted by Gasteiger charge is -2.14. The summed E-state index contributed by atoms with van der Waals surface area (Å²) in [5.74, 6) is -0.622. The van der Waals surface area contributed by atoms with E-state index in [2.05, 4.69) is 11.4 Å². The van der Waals surface area contributed by atoms with Gasteiger partial charge in [0.15, 0.2) is 5.82 Å². The number of fused-ring (bicyclic) bond motifs is 2. The van der Waals surface area contributed by atoms with Gasteiger partial charge in [-0.25, -0.2) is 18.5 Å². The highest BCUT2D eigenvalue weighted by Crippen LogP contribution is 2.38. The molecule has 2 amide bonds. The fourth-order valence-electron chi connectivity index (χ4n) is 3.88. The standard InChI is InChI=1S/C13H16N2O.C7H10FNO2S2/c14-13(16)15-12-10-5-1-3-8(10)7-9-4-2-6-11(9)12;1-7(2,10)5-3-4(8)6(12-5)13(9)11/h7H,1-6H2,(H3,14,15,16);3,10H,9H2,1-2H3. The van der Waals surface area contributed by atoms with Crippen molar-refractivity contribution in [2.45, 2.75) is 62.2 Å². The van der Waals surface area contributed by atoms with E-state index >= 15 is 0 Å². The van der Waals surface area contributed by atoms with Crippen LogP contribution in [-0.4, -0.2) is 15.3 Å². The summed E-state index contributed by atoms with van der Waals surface area (Å²) in [5.41, 5.74) is 10.7. The number of thiophene rings is 1. The Kier molecular flexibility index (Phi) is 6.42. The van der Waals surface area contributed by atoms with E-state index < -0.39 is 28.4 Å². The van der Waals surface area contributed by atoms with Crippen LogP contribution in [0, 0.1) is 5.82 Å². The summed E-state index contributed by atoms with van der Waals surface area (Å²) in [7, 11) is -1.82. The van der Waals surface area contributed by atoms with Crippen molar-refractivity contribution in [3.8, 4) is 0 Å². The van der Waals surface area contributed by atoms with Gasteiger partial charge in [0.25, 0.3) is 0 Å². The highest BCUT2D eigenvalue weighted by atomic mass is 32.2. The summed E-state index contributed by atoms with van der Waals surface area (Å²) < 4.78 is 23.8. The zero-order chi connectivity index (χ0) is 21.3. The van der Waals surface area contributed by atoms with Crippen LogP contribution in [0.3, 0.4) is 0 Å². The van der Waals surface area contributed by atoms with Gasteiger partial charge in [0, 0.05) is 10.6 Å². The first-order valence-electron chi connectivity index (χ1n) is 9.49. The number of nitrogens with two attached hydrogens (primary N) is 2. The second kappa shape index (κ2) is 8.51. The lowest BCUT2D eigenvalue weighted by molar-refractivity contribution is 0.0823. The van der Waals surface area contributed by atoms with Gasteiger partial charge in [0.1, 0.15) is 15.2 Å². The van der Waals surface area contributed by atoms with Crippen molar-refractivity contribution in [1.29, 1.82) is 0 Å². The third-order valence-electron chi connectivity index (χ3n) is 5.16. The Hall–Kier alpha value is -1.81. The number of hydrogen-bond acceptors (Lipinski definition) is 4. The van der Waals surface area contributed by atoms with Gasteiger partial charge in [-0.1, -0.05) is 6.07 Å². The van der Waals surface area contributed by atoms with Gasteiger partial charge in [0.05, 0.1) is 5.60 Å². The molecule has 29 heavy (non-hydrogen) atoms. The molecule has 0 saturated heterocycles. The third kappa shape index (κ3) is 4.85. The van der Waals surface area contributed by atoms with E-state index in [0.29, 0.717) is 4.88 Å². The fraction of sp³-hybridized carbons (Fsp3) is 0.450. The zero-order valence-electron chi connectivity index (χ0n) is 16.5. The minimum Gasteiger partial charge on any atom is -0.385 e. The number of aliphatic hydroxyl groups is 1. The van der Waals surface area contributed by atoms with E-state index in [0.717, 1.165) is 48.8 Å². The fourth-order valence-corrected chi connectivity index (χ4v) is 5.50. The summed E-state index contributed by atoms with van der Waals surface area (Å²) in [4.78, 5) is 11.5. The maximum absolute atomic E-state index is 13.0. The molecule has 0 spiro atoms. The smallest absolute Gasteiger partial charge is 0.316 e. The lowest BCUT2D eigenvalue weighted by atomic mass is 9.99. The average Bonchev–Trinajstić information content (AvgIpc) is 3.32. The third-order valence-corrected chi connectivity index (χ3v) is 7.68. The number of benzene rings is 1. The van der Waals surface area contributed by atoms with Crippen LogP contribution in [0.4, 0.5) is 14.9 Å². The SMILES string of the molecule is CC(C)(O)c1cc(F)c(S(N)=O)s1.NC(=O)Nc1c2c(cc3c1CCC3)CCC2. The van der Waals surface area contributed by atoms with E-state index in [4.69, 9.17) is 10.9 Å².